The smallest absolute Gasteiger partial charge is 0.138 e. The van der Waals surface area contributed by atoms with Gasteiger partial charge in [0.05, 0.1) is 5.69 Å². The summed E-state index contributed by atoms with van der Waals surface area (Å²) in [4.78, 5) is 4.21. The average Bonchev–Trinajstić information content (AvgIpc) is 2.18. The van der Waals surface area contributed by atoms with Gasteiger partial charge >= 0.3 is 0 Å². The summed E-state index contributed by atoms with van der Waals surface area (Å²) in [5.41, 5.74) is 1.57. The molecule has 3 heteroatoms. The van der Waals surface area contributed by atoms with Crippen molar-refractivity contribution in [1.29, 1.82) is 0 Å². The predicted molar refractivity (Wildman–Crippen MR) is 55.8 cm³/mol. The van der Waals surface area contributed by atoms with Gasteiger partial charge < -0.3 is 10.4 Å². The molecular weight excluding hydrogens is 176 g/mol. The molecule has 0 bridgehead atoms. The first-order chi connectivity index (χ1) is 6.74. The highest BCUT2D eigenvalue weighted by atomic mass is 16.3. The standard InChI is InChI=1S/C11H14N2O/c1-3-4-7-12-8-10-11(14)6-5-9(2)13-10/h1,5-6,12,14H,4,7-8H2,2H3. The predicted octanol–water partition coefficient (Wildman–Crippen LogP) is 1.21. The average molecular weight is 190 g/mol. The maximum atomic E-state index is 9.45. The number of pyridine rings is 1. The Morgan fingerprint density at radius 2 is 2.36 bits per heavy atom. The first-order valence-corrected chi connectivity index (χ1v) is 4.53. The van der Waals surface area contributed by atoms with Gasteiger partial charge in [0.1, 0.15) is 5.75 Å². The fraction of sp³-hybridized carbons (Fsp3) is 0.364. The van der Waals surface area contributed by atoms with Gasteiger partial charge in [-0.15, -0.1) is 12.3 Å². The molecule has 74 valence electrons. The zero-order valence-corrected chi connectivity index (χ0v) is 8.25. The molecule has 0 aliphatic carbocycles. The fourth-order valence-corrected chi connectivity index (χ4v) is 1.10. The van der Waals surface area contributed by atoms with Crippen LogP contribution >= 0.6 is 0 Å². The largest absolute Gasteiger partial charge is 0.506 e. The molecule has 2 N–H and O–H groups in total. The van der Waals surface area contributed by atoms with E-state index < -0.39 is 0 Å². The van der Waals surface area contributed by atoms with Crippen LogP contribution in [0.25, 0.3) is 0 Å². The van der Waals surface area contributed by atoms with E-state index in [1.54, 1.807) is 12.1 Å². The number of terminal acetylenes is 1. The number of hydrogen-bond acceptors (Lipinski definition) is 3. The third kappa shape index (κ3) is 3.08. The van der Waals surface area contributed by atoms with Gasteiger partial charge in [0.2, 0.25) is 0 Å². The molecule has 0 fully saturated rings. The van der Waals surface area contributed by atoms with E-state index in [1.807, 2.05) is 6.92 Å². The molecule has 3 nitrogen and oxygen atoms in total. The summed E-state index contributed by atoms with van der Waals surface area (Å²) in [6, 6.07) is 3.43. The molecular formula is C11H14N2O. The van der Waals surface area contributed by atoms with E-state index in [0.717, 1.165) is 12.2 Å². The van der Waals surface area contributed by atoms with Crippen LogP contribution < -0.4 is 5.32 Å². The summed E-state index contributed by atoms with van der Waals surface area (Å²) in [7, 11) is 0. The van der Waals surface area contributed by atoms with Crippen LogP contribution in [0.4, 0.5) is 0 Å². The lowest BCUT2D eigenvalue weighted by Gasteiger charge is -2.05. The van der Waals surface area contributed by atoms with Crippen molar-refractivity contribution in [3.05, 3.63) is 23.5 Å². The van der Waals surface area contributed by atoms with Crippen LogP contribution in [-0.2, 0) is 6.54 Å². The van der Waals surface area contributed by atoms with E-state index in [2.05, 4.69) is 16.2 Å². The van der Waals surface area contributed by atoms with Crippen LogP contribution in [0.15, 0.2) is 12.1 Å². The number of aromatic hydroxyl groups is 1. The Bertz CT molecular complexity index is 342. The number of aryl methyl sites for hydroxylation is 1. The Kier molecular flexibility index (Phi) is 3.96. The van der Waals surface area contributed by atoms with Crippen molar-refractivity contribution in [2.75, 3.05) is 6.54 Å². The van der Waals surface area contributed by atoms with Crippen molar-refractivity contribution in [1.82, 2.24) is 10.3 Å². The van der Waals surface area contributed by atoms with E-state index in [0.29, 0.717) is 18.7 Å². The van der Waals surface area contributed by atoms with Crippen molar-refractivity contribution >= 4 is 0 Å². The first kappa shape index (κ1) is 10.6. The molecule has 0 aliphatic rings. The lowest BCUT2D eigenvalue weighted by Crippen LogP contribution is -2.15. The SMILES string of the molecule is C#CCCNCc1nc(C)ccc1O. The Morgan fingerprint density at radius 3 is 3.07 bits per heavy atom. The van der Waals surface area contributed by atoms with E-state index in [1.165, 1.54) is 0 Å². The summed E-state index contributed by atoms with van der Waals surface area (Å²) in [5.74, 6) is 2.76. The lowest BCUT2D eigenvalue weighted by molar-refractivity contribution is 0.459. The quantitative estimate of drug-likeness (QED) is 0.554. The summed E-state index contributed by atoms with van der Waals surface area (Å²) in [5, 5.41) is 12.6. The Hall–Kier alpha value is -1.53. The first-order valence-electron chi connectivity index (χ1n) is 4.53. The molecule has 1 heterocycles. The zero-order valence-electron chi connectivity index (χ0n) is 8.25. The molecule has 1 aromatic rings. The second-order valence-corrected chi connectivity index (χ2v) is 3.05. The molecule has 0 aliphatic heterocycles. The maximum absolute atomic E-state index is 9.45. The highest BCUT2D eigenvalue weighted by Gasteiger charge is 2.01. The highest BCUT2D eigenvalue weighted by molar-refractivity contribution is 5.27. The van der Waals surface area contributed by atoms with Crippen LogP contribution in [-0.4, -0.2) is 16.6 Å². The van der Waals surface area contributed by atoms with E-state index >= 15 is 0 Å². The third-order valence-electron chi connectivity index (χ3n) is 1.83. The van der Waals surface area contributed by atoms with E-state index in [4.69, 9.17) is 6.42 Å². The molecule has 1 aromatic heterocycles. The number of rotatable bonds is 4. The van der Waals surface area contributed by atoms with Crippen LogP contribution in [0, 0.1) is 19.3 Å². The molecule has 14 heavy (non-hydrogen) atoms. The van der Waals surface area contributed by atoms with Crippen molar-refractivity contribution in [3.63, 3.8) is 0 Å². The number of hydrogen-bond donors (Lipinski definition) is 2. The minimum atomic E-state index is 0.226. The molecule has 0 aromatic carbocycles. The Balaban J connectivity index is 2.50. The van der Waals surface area contributed by atoms with Crippen LogP contribution in [0.3, 0.4) is 0 Å². The highest BCUT2D eigenvalue weighted by Crippen LogP contribution is 2.13. The molecule has 1 rings (SSSR count). The molecule has 0 radical (unpaired) electrons. The zero-order chi connectivity index (χ0) is 10.4. The molecule has 0 saturated heterocycles. The van der Waals surface area contributed by atoms with Gasteiger partial charge in [0.15, 0.2) is 0 Å². The maximum Gasteiger partial charge on any atom is 0.138 e. The van der Waals surface area contributed by atoms with Gasteiger partial charge in [-0.05, 0) is 19.1 Å². The van der Waals surface area contributed by atoms with Gasteiger partial charge in [-0.2, -0.15) is 0 Å². The number of aromatic nitrogens is 1. The second-order valence-electron chi connectivity index (χ2n) is 3.05. The summed E-state index contributed by atoms with van der Waals surface area (Å²) >= 11 is 0. The minimum Gasteiger partial charge on any atom is -0.506 e. The lowest BCUT2D eigenvalue weighted by atomic mass is 10.3. The van der Waals surface area contributed by atoms with Crippen molar-refractivity contribution < 1.29 is 5.11 Å². The molecule has 0 saturated carbocycles. The topological polar surface area (TPSA) is 45.2 Å². The van der Waals surface area contributed by atoms with Crippen molar-refractivity contribution in [2.45, 2.75) is 19.9 Å². The summed E-state index contributed by atoms with van der Waals surface area (Å²) in [6.07, 6.45) is 5.79. The fourth-order valence-electron chi connectivity index (χ4n) is 1.10. The van der Waals surface area contributed by atoms with Gasteiger partial charge in [0, 0.05) is 25.2 Å². The third-order valence-corrected chi connectivity index (χ3v) is 1.83. The van der Waals surface area contributed by atoms with E-state index in [-0.39, 0.29) is 5.75 Å². The van der Waals surface area contributed by atoms with Gasteiger partial charge in [-0.1, -0.05) is 0 Å². The summed E-state index contributed by atoms with van der Waals surface area (Å²) < 4.78 is 0. The van der Waals surface area contributed by atoms with Crippen molar-refractivity contribution in [3.8, 4) is 18.1 Å². The number of nitrogens with one attached hydrogen (secondary N) is 1. The van der Waals surface area contributed by atoms with Crippen molar-refractivity contribution in [2.24, 2.45) is 0 Å². The summed E-state index contributed by atoms with van der Waals surface area (Å²) in [6.45, 7) is 3.19. The minimum absolute atomic E-state index is 0.226. The Labute approximate surface area is 84.2 Å². The number of nitrogens with zero attached hydrogens (tertiary/aromatic N) is 1. The molecule has 0 amide bonds. The van der Waals surface area contributed by atoms with Crippen LogP contribution in [0.5, 0.6) is 5.75 Å². The van der Waals surface area contributed by atoms with Crippen LogP contribution in [0.2, 0.25) is 0 Å². The normalized spacial score (nSPS) is 9.71. The van der Waals surface area contributed by atoms with Gasteiger partial charge in [-0.25, -0.2) is 0 Å². The van der Waals surface area contributed by atoms with E-state index in [9.17, 15) is 5.11 Å². The van der Waals surface area contributed by atoms with Crippen LogP contribution in [0.1, 0.15) is 17.8 Å². The van der Waals surface area contributed by atoms with Gasteiger partial charge in [-0.3, -0.25) is 4.98 Å². The second kappa shape index (κ2) is 5.25. The monoisotopic (exact) mass is 190 g/mol. The molecule has 0 spiro atoms. The molecule has 0 atom stereocenters. The Morgan fingerprint density at radius 1 is 1.57 bits per heavy atom. The van der Waals surface area contributed by atoms with Gasteiger partial charge in [0.25, 0.3) is 0 Å². The molecule has 0 unspecified atom stereocenters.